The number of nitrogens with one attached hydrogen (secondary N) is 2. The summed E-state index contributed by atoms with van der Waals surface area (Å²) >= 11 is 0. The molecule has 2 aromatic carbocycles. The van der Waals surface area contributed by atoms with Gasteiger partial charge in [-0.3, -0.25) is 19.3 Å². The standard InChI is InChI=1S/C31H41N5O5/c1-23-31(39)35(2)16-6-7-17-36(21-26-10-5-4-9-25(26)20-32)18-8-15-33-29(37)14-12-24-11-13-27(40-3)28(19-24)41-22-30(38)34-23/h4-5,9-11,13,19,23H,6-8,12,14-18,21-22H2,1-3H3,(H,33,37)(H,34,38)/t23-/m0/s1. The Labute approximate surface area is 242 Å². The SMILES string of the molecule is COc1ccc2cc1OCC(=O)N[C@@H](C)C(=O)N(C)CCCCN(Cc1ccccc1C#N)CCCNC(=O)CC2. The molecular formula is C31H41N5O5. The first kappa shape index (κ1) is 31.4. The number of hydrogen-bond donors (Lipinski definition) is 2. The monoisotopic (exact) mass is 563 g/mol. The summed E-state index contributed by atoms with van der Waals surface area (Å²) in [6.45, 7) is 4.69. The highest BCUT2D eigenvalue weighted by Crippen LogP contribution is 2.28. The number of amides is 3. The average Bonchev–Trinajstić information content (AvgIpc) is 2.98. The summed E-state index contributed by atoms with van der Waals surface area (Å²) in [5, 5.41) is 15.2. The second kappa shape index (κ2) is 16.2. The fourth-order valence-corrected chi connectivity index (χ4v) is 4.76. The maximum atomic E-state index is 12.9. The minimum absolute atomic E-state index is 0.0344. The van der Waals surface area contributed by atoms with Gasteiger partial charge in [0, 0.05) is 39.6 Å². The van der Waals surface area contributed by atoms with Crippen molar-refractivity contribution in [2.24, 2.45) is 0 Å². The molecule has 0 unspecified atom stereocenters. The highest BCUT2D eigenvalue weighted by molar-refractivity contribution is 5.87. The Morgan fingerprint density at radius 3 is 2.56 bits per heavy atom. The number of carbonyl (C=O) groups excluding carboxylic acids is 3. The van der Waals surface area contributed by atoms with E-state index in [1.807, 2.05) is 30.3 Å². The normalized spacial score (nSPS) is 19.0. The van der Waals surface area contributed by atoms with Gasteiger partial charge in [0.25, 0.3) is 5.91 Å². The van der Waals surface area contributed by atoms with Gasteiger partial charge in [-0.2, -0.15) is 5.26 Å². The number of rotatable bonds is 3. The van der Waals surface area contributed by atoms with Gasteiger partial charge in [-0.1, -0.05) is 24.3 Å². The van der Waals surface area contributed by atoms with E-state index >= 15 is 0 Å². The molecule has 1 aliphatic rings. The number of benzene rings is 2. The molecule has 10 nitrogen and oxygen atoms in total. The quantitative estimate of drug-likeness (QED) is 0.588. The molecule has 2 N–H and O–H groups in total. The van der Waals surface area contributed by atoms with Crippen LogP contribution in [0, 0.1) is 11.3 Å². The Kier molecular flexibility index (Phi) is 12.4. The maximum absolute atomic E-state index is 12.9. The van der Waals surface area contributed by atoms with Crippen molar-refractivity contribution >= 4 is 17.7 Å². The lowest BCUT2D eigenvalue weighted by Crippen LogP contribution is -2.47. The second-order valence-corrected chi connectivity index (χ2v) is 10.3. The van der Waals surface area contributed by atoms with Crippen LogP contribution in [0.15, 0.2) is 42.5 Å². The van der Waals surface area contributed by atoms with Crippen LogP contribution in [0.1, 0.15) is 49.3 Å². The zero-order chi connectivity index (χ0) is 29.6. The third-order valence-electron chi connectivity index (χ3n) is 7.07. The van der Waals surface area contributed by atoms with E-state index in [4.69, 9.17) is 9.47 Å². The number of aryl methyl sites for hydroxylation is 1. The summed E-state index contributed by atoms with van der Waals surface area (Å²) in [5.74, 6) is 0.258. The molecule has 0 saturated carbocycles. The van der Waals surface area contributed by atoms with Gasteiger partial charge in [-0.15, -0.1) is 0 Å². The van der Waals surface area contributed by atoms with Crippen LogP contribution in [0.2, 0.25) is 0 Å². The largest absolute Gasteiger partial charge is 0.493 e. The first-order valence-corrected chi connectivity index (χ1v) is 14.1. The van der Waals surface area contributed by atoms with Gasteiger partial charge >= 0.3 is 0 Å². The molecule has 220 valence electrons. The lowest BCUT2D eigenvalue weighted by atomic mass is 10.1. The van der Waals surface area contributed by atoms with Gasteiger partial charge in [0.05, 0.1) is 18.7 Å². The highest BCUT2D eigenvalue weighted by atomic mass is 16.5. The van der Waals surface area contributed by atoms with Crippen LogP contribution in [0.5, 0.6) is 11.5 Å². The predicted molar refractivity (Wildman–Crippen MR) is 155 cm³/mol. The van der Waals surface area contributed by atoms with Gasteiger partial charge < -0.3 is 25.0 Å². The summed E-state index contributed by atoms with van der Waals surface area (Å²) in [6, 6.07) is 14.6. The Morgan fingerprint density at radius 1 is 1.02 bits per heavy atom. The van der Waals surface area contributed by atoms with Crippen LogP contribution in [0.4, 0.5) is 0 Å². The van der Waals surface area contributed by atoms with E-state index in [1.165, 1.54) is 7.11 Å². The Hall–Kier alpha value is -4.10. The van der Waals surface area contributed by atoms with Crippen molar-refractivity contribution < 1.29 is 23.9 Å². The number of nitrogens with zero attached hydrogens (tertiary/aromatic N) is 3. The van der Waals surface area contributed by atoms with E-state index in [1.54, 1.807) is 31.0 Å². The van der Waals surface area contributed by atoms with Gasteiger partial charge in [0.1, 0.15) is 6.04 Å². The number of fused-ring (bicyclic) bond motifs is 2. The van der Waals surface area contributed by atoms with Crippen LogP contribution in [0.25, 0.3) is 0 Å². The molecule has 2 bridgehead atoms. The molecule has 0 fully saturated rings. The molecule has 0 spiro atoms. The molecular weight excluding hydrogens is 522 g/mol. The van der Waals surface area contributed by atoms with Crippen LogP contribution >= 0.6 is 0 Å². The fourth-order valence-electron chi connectivity index (χ4n) is 4.76. The number of carbonyl (C=O) groups is 3. The summed E-state index contributed by atoms with van der Waals surface area (Å²) in [4.78, 5) is 41.9. The third-order valence-corrected chi connectivity index (χ3v) is 7.07. The third kappa shape index (κ3) is 10.1. The first-order chi connectivity index (χ1) is 19.8. The lowest BCUT2D eigenvalue weighted by molar-refractivity contribution is -0.135. The fraction of sp³-hybridized carbons (Fsp3) is 0.484. The molecule has 1 heterocycles. The van der Waals surface area contributed by atoms with Crippen molar-refractivity contribution in [1.29, 1.82) is 5.26 Å². The number of likely N-dealkylation sites (N-methyl/N-ethyl adjacent to an activating group) is 1. The van der Waals surface area contributed by atoms with Crippen molar-refractivity contribution in [1.82, 2.24) is 20.4 Å². The van der Waals surface area contributed by atoms with E-state index in [0.717, 1.165) is 43.5 Å². The van der Waals surface area contributed by atoms with Crippen LogP contribution in [-0.4, -0.2) is 80.5 Å². The summed E-state index contributed by atoms with van der Waals surface area (Å²) in [6.07, 6.45) is 3.24. The second-order valence-electron chi connectivity index (χ2n) is 10.3. The molecule has 0 aliphatic carbocycles. The number of nitriles is 1. The molecule has 2 aromatic rings. The van der Waals surface area contributed by atoms with Gasteiger partial charge in [-0.25, -0.2) is 0 Å². The lowest BCUT2D eigenvalue weighted by Gasteiger charge is -2.25. The zero-order valence-electron chi connectivity index (χ0n) is 24.3. The van der Waals surface area contributed by atoms with Crippen molar-refractivity contribution in [2.45, 2.75) is 51.6 Å². The van der Waals surface area contributed by atoms with Crippen molar-refractivity contribution in [3.8, 4) is 17.6 Å². The molecule has 0 radical (unpaired) electrons. The maximum Gasteiger partial charge on any atom is 0.258 e. The van der Waals surface area contributed by atoms with Gasteiger partial charge in [0.15, 0.2) is 18.1 Å². The summed E-state index contributed by atoms with van der Waals surface area (Å²) in [7, 11) is 3.25. The van der Waals surface area contributed by atoms with E-state index in [0.29, 0.717) is 49.5 Å². The molecule has 3 rings (SSSR count). The van der Waals surface area contributed by atoms with Crippen LogP contribution in [0.3, 0.4) is 0 Å². The molecule has 3 amide bonds. The summed E-state index contributed by atoms with van der Waals surface area (Å²) < 4.78 is 11.1. The van der Waals surface area contributed by atoms with Gasteiger partial charge in [-0.05, 0) is 68.5 Å². The highest BCUT2D eigenvalue weighted by Gasteiger charge is 2.20. The molecule has 0 saturated heterocycles. The molecule has 1 aliphatic heterocycles. The van der Waals surface area contributed by atoms with Crippen molar-refractivity contribution in [2.75, 3.05) is 46.9 Å². The smallest absolute Gasteiger partial charge is 0.258 e. The van der Waals surface area contributed by atoms with Crippen molar-refractivity contribution in [3.05, 3.63) is 59.2 Å². The van der Waals surface area contributed by atoms with Crippen molar-refractivity contribution in [3.63, 3.8) is 0 Å². The zero-order valence-corrected chi connectivity index (χ0v) is 24.3. The van der Waals surface area contributed by atoms with E-state index in [-0.39, 0.29) is 18.4 Å². The van der Waals surface area contributed by atoms with E-state index in [2.05, 4.69) is 21.6 Å². The molecule has 1 atom stereocenters. The minimum atomic E-state index is -0.695. The average molecular weight is 564 g/mol. The molecule has 0 aromatic heterocycles. The first-order valence-electron chi connectivity index (χ1n) is 14.1. The van der Waals surface area contributed by atoms with E-state index < -0.39 is 11.9 Å². The topological polar surface area (TPSA) is 124 Å². The Balaban J connectivity index is 1.71. The number of methoxy groups -OCH3 is 1. The minimum Gasteiger partial charge on any atom is -0.493 e. The number of hydrogen-bond acceptors (Lipinski definition) is 7. The Bertz CT molecular complexity index is 1230. The molecule has 10 heteroatoms. The van der Waals surface area contributed by atoms with Crippen LogP contribution < -0.4 is 20.1 Å². The van der Waals surface area contributed by atoms with E-state index in [9.17, 15) is 19.6 Å². The van der Waals surface area contributed by atoms with Crippen LogP contribution in [-0.2, 0) is 27.3 Å². The number of ether oxygens (including phenoxy) is 2. The van der Waals surface area contributed by atoms with Gasteiger partial charge in [0.2, 0.25) is 11.8 Å². The Morgan fingerprint density at radius 2 is 1.78 bits per heavy atom. The predicted octanol–water partition coefficient (Wildman–Crippen LogP) is 2.64. The summed E-state index contributed by atoms with van der Waals surface area (Å²) in [5.41, 5.74) is 2.51. The molecule has 41 heavy (non-hydrogen) atoms.